The molecule has 1 nitrogen and oxygen atoms in total. The fourth-order valence-corrected chi connectivity index (χ4v) is 8.04. The van der Waals surface area contributed by atoms with Crippen LogP contribution in [-0.4, -0.2) is 7.11 Å². The molecular weight excluding hydrogens is 395 g/mol. The molecule has 0 unspecified atom stereocenters. The molecule has 4 rings (SSSR count). The molecule has 0 heterocycles. The van der Waals surface area contributed by atoms with Crippen molar-refractivity contribution in [2.24, 2.45) is 0 Å². The van der Waals surface area contributed by atoms with Gasteiger partial charge in [-0.15, -0.1) is 0 Å². The second kappa shape index (κ2) is 9.74. The molecule has 0 fully saturated rings. The highest BCUT2D eigenvalue weighted by molar-refractivity contribution is 7.95. The Hall–Kier alpha value is -2.60. The lowest BCUT2D eigenvalue weighted by atomic mass is 10.2. The maximum atomic E-state index is 5.50. The third-order valence-corrected chi connectivity index (χ3v) is 9.52. The Labute approximate surface area is 180 Å². The van der Waals surface area contributed by atoms with Crippen molar-refractivity contribution < 1.29 is 17.1 Å². The van der Waals surface area contributed by atoms with Crippen LogP contribution in [0, 0.1) is 0 Å². The summed E-state index contributed by atoms with van der Waals surface area (Å²) in [5.41, 5.74) is 1.30. The predicted molar refractivity (Wildman–Crippen MR) is 122 cm³/mol. The van der Waals surface area contributed by atoms with E-state index in [9.17, 15) is 0 Å². The first-order valence-electron chi connectivity index (χ1n) is 9.51. The standard InChI is InChI=1S/C26H24OP.ClH/c1-27-23-13-11-12-22(20-23)21-28(24-14-5-2-6-15-24,25-16-7-3-8-17-25)26-18-9-4-10-19-26;/h2-20H,21H2,1H3;1H/q+1;/p-1. The van der Waals surface area contributed by atoms with Crippen LogP contribution in [0.25, 0.3) is 0 Å². The summed E-state index contributed by atoms with van der Waals surface area (Å²) in [6.07, 6.45) is 0.961. The van der Waals surface area contributed by atoms with Crippen molar-refractivity contribution in [3.63, 3.8) is 0 Å². The number of methoxy groups -OCH3 is 1. The molecule has 0 amide bonds. The second-order valence-electron chi connectivity index (χ2n) is 6.83. The van der Waals surface area contributed by atoms with Crippen molar-refractivity contribution in [3.8, 4) is 5.75 Å². The van der Waals surface area contributed by atoms with Gasteiger partial charge in [-0.2, -0.15) is 0 Å². The van der Waals surface area contributed by atoms with Crippen molar-refractivity contribution in [3.05, 3.63) is 121 Å². The molecule has 0 aliphatic rings. The summed E-state index contributed by atoms with van der Waals surface area (Å²) in [7, 11) is -0.132. The van der Waals surface area contributed by atoms with Gasteiger partial charge in [0.05, 0.1) is 13.3 Å². The lowest BCUT2D eigenvalue weighted by Crippen LogP contribution is -3.00. The van der Waals surface area contributed by atoms with E-state index in [0.29, 0.717) is 0 Å². The summed E-state index contributed by atoms with van der Waals surface area (Å²) in [5.74, 6) is 0.907. The molecular formula is C26H24ClOP. The average Bonchev–Trinajstić information content (AvgIpc) is 2.79. The van der Waals surface area contributed by atoms with E-state index in [0.717, 1.165) is 11.9 Å². The van der Waals surface area contributed by atoms with Gasteiger partial charge in [-0.1, -0.05) is 66.7 Å². The minimum atomic E-state index is -1.86. The van der Waals surface area contributed by atoms with Crippen LogP contribution in [0.5, 0.6) is 5.75 Å². The van der Waals surface area contributed by atoms with Gasteiger partial charge in [-0.25, -0.2) is 0 Å². The first-order valence-corrected chi connectivity index (χ1v) is 11.5. The van der Waals surface area contributed by atoms with E-state index >= 15 is 0 Å². The maximum Gasteiger partial charge on any atom is 0.119 e. The van der Waals surface area contributed by atoms with Crippen LogP contribution in [-0.2, 0) is 6.16 Å². The molecule has 146 valence electrons. The van der Waals surface area contributed by atoms with E-state index < -0.39 is 7.26 Å². The Balaban J connectivity index is 0.00000240. The topological polar surface area (TPSA) is 9.23 Å². The number of rotatable bonds is 6. The van der Waals surface area contributed by atoms with E-state index in [2.05, 4.69) is 109 Å². The summed E-state index contributed by atoms with van der Waals surface area (Å²) < 4.78 is 5.50. The molecule has 29 heavy (non-hydrogen) atoms. The zero-order valence-corrected chi connectivity index (χ0v) is 18.1. The smallest absolute Gasteiger partial charge is 0.119 e. The molecule has 4 aromatic rings. The van der Waals surface area contributed by atoms with Crippen molar-refractivity contribution in [1.29, 1.82) is 0 Å². The highest BCUT2D eigenvalue weighted by Gasteiger charge is 2.45. The van der Waals surface area contributed by atoms with E-state index in [1.807, 2.05) is 6.07 Å². The summed E-state index contributed by atoms with van der Waals surface area (Å²) in [6.45, 7) is 0. The van der Waals surface area contributed by atoms with Crippen LogP contribution in [0.3, 0.4) is 0 Å². The second-order valence-corrected chi connectivity index (χ2v) is 10.3. The average molecular weight is 419 g/mol. The van der Waals surface area contributed by atoms with E-state index in [4.69, 9.17) is 4.74 Å². The Morgan fingerprint density at radius 1 is 0.586 bits per heavy atom. The van der Waals surface area contributed by atoms with Crippen LogP contribution in [0.1, 0.15) is 5.56 Å². The molecule has 3 heteroatoms. The molecule has 0 saturated heterocycles. The lowest BCUT2D eigenvalue weighted by molar-refractivity contribution is -0.00000579. The van der Waals surface area contributed by atoms with Crippen molar-refractivity contribution in [2.45, 2.75) is 6.16 Å². The van der Waals surface area contributed by atoms with Gasteiger partial charge in [0, 0.05) is 0 Å². The van der Waals surface area contributed by atoms with Gasteiger partial charge in [-0.05, 0) is 54.1 Å². The minimum absolute atomic E-state index is 0. The van der Waals surface area contributed by atoms with Gasteiger partial charge in [0.2, 0.25) is 0 Å². The number of hydrogen-bond acceptors (Lipinski definition) is 1. The van der Waals surface area contributed by atoms with Crippen LogP contribution in [0.4, 0.5) is 0 Å². The van der Waals surface area contributed by atoms with Gasteiger partial charge in [0.25, 0.3) is 0 Å². The van der Waals surface area contributed by atoms with Gasteiger partial charge in [-0.3, -0.25) is 0 Å². The third kappa shape index (κ3) is 4.37. The monoisotopic (exact) mass is 418 g/mol. The minimum Gasteiger partial charge on any atom is -1.00 e. The molecule has 0 spiro atoms. The SMILES string of the molecule is COc1cccc(C[P+](c2ccccc2)(c2ccccc2)c2ccccc2)c1.[Cl-]. The quantitative estimate of drug-likeness (QED) is 0.436. The molecule has 4 aromatic carbocycles. The molecule has 0 saturated carbocycles. The molecule has 0 aromatic heterocycles. The Bertz CT molecular complexity index is 923. The van der Waals surface area contributed by atoms with Crippen molar-refractivity contribution >= 4 is 23.2 Å². The Morgan fingerprint density at radius 3 is 1.45 bits per heavy atom. The number of ether oxygens (including phenoxy) is 1. The highest BCUT2D eigenvalue weighted by atomic mass is 35.5. The molecule has 0 aliphatic heterocycles. The normalized spacial score (nSPS) is 10.8. The molecule has 0 radical (unpaired) electrons. The van der Waals surface area contributed by atoms with E-state index in [1.165, 1.54) is 21.5 Å². The van der Waals surface area contributed by atoms with Gasteiger partial charge in [0.15, 0.2) is 0 Å². The Kier molecular flexibility index (Phi) is 7.09. The molecule has 0 atom stereocenters. The molecule has 0 bridgehead atoms. The summed E-state index contributed by atoms with van der Waals surface area (Å²) in [4.78, 5) is 0. The van der Waals surface area contributed by atoms with Crippen molar-refractivity contribution in [1.82, 2.24) is 0 Å². The van der Waals surface area contributed by atoms with Gasteiger partial charge in [0.1, 0.15) is 28.9 Å². The first kappa shape index (κ1) is 21.1. The van der Waals surface area contributed by atoms with Crippen LogP contribution in [0.15, 0.2) is 115 Å². The largest absolute Gasteiger partial charge is 1.00 e. The Morgan fingerprint density at radius 2 is 1.03 bits per heavy atom. The zero-order chi connectivity index (χ0) is 19.2. The first-order chi connectivity index (χ1) is 13.8. The fourth-order valence-electron chi connectivity index (χ4n) is 3.81. The van der Waals surface area contributed by atoms with Crippen molar-refractivity contribution in [2.75, 3.05) is 7.11 Å². The van der Waals surface area contributed by atoms with E-state index in [-0.39, 0.29) is 12.4 Å². The third-order valence-electron chi connectivity index (χ3n) is 5.14. The zero-order valence-electron chi connectivity index (χ0n) is 16.4. The summed E-state index contributed by atoms with van der Waals surface area (Å²) >= 11 is 0. The number of halogens is 1. The van der Waals surface area contributed by atoms with Gasteiger partial charge < -0.3 is 17.1 Å². The van der Waals surface area contributed by atoms with Crippen LogP contribution >= 0.6 is 7.26 Å². The molecule has 0 N–H and O–H groups in total. The number of benzene rings is 4. The van der Waals surface area contributed by atoms with Crippen LogP contribution in [0.2, 0.25) is 0 Å². The fraction of sp³-hybridized carbons (Fsp3) is 0.0769. The molecule has 0 aliphatic carbocycles. The predicted octanol–water partition coefficient (Wildman–Crippen LogP) is 2.19. The highest BCUT2D eigenvalue weighted by Crippen LogP contribution is 2.58. The van der Waals surface area contributed by atoms with Gasteiger partial charge >= 0.3 is 0 Å². The maximum absolute atomic E-state index is 5.50. The number of hydrogen-bond donors (Lipinski definition) is 0. The lowest BCUT2D eigenvalue weighted by Gasteiger charge is -2.28. The summed E-state index contributed by atoms with van der Waals surface area (Å²) in [6, 6.07) is 41.4. The summed E-state index contributed by atoms with van der Waals surface area (Å²) in [5, 5.41) is 4.20. The van der Waals surface area contributed by atoms with E-state index in [1.54, 1.807) is 7.11 Å². The van der Waals surface area contributed by atoms with Crippen LogP contribution < -0.4 is 33.1 Å².